The van der Waals surface area contributed by atoms with Crippen LogP contribution in [0.5, 0.6) is 11.5 Å². The van der Waals surface area contributed by atoms with E-state index in [9.17, 15) is 0 Å². The van der Waals surface area contributed by atoms with Gasteiger partial charge in [0.15, 0.2) is 0 Å². The average molecular weight is 894 g/mol. The van der Waals surface area contributed by atoms with E-state index in [1.807, 2.05) is 0 Å². The highest BCUT2D eigenvalue weighted by Crippen LogP contribution is 2.57. The van der Waals surface area contributed by atoms with Gasteiger partial charge in [-0.25, -0.2) is 0 Å². The third-order valence-corrected chi connectivity index (χ3v) is 15.1. The second-order valence-corrected chi connectivity index (χ2v) is 22.8. The third kappa shape index (κ3) is 6.80. The summed E-state index contributed by atoms with van der Waals surface area (Å²) in [7, 11) is 0. The number of benzene rings is 6. The number of hydrogen-bond acceptors (Lipinski definition) is 4. The molecule has 2 atom stereocenters. The lowest BCUT2D eigenvalue weighted by Gasteiger charge is -2.53. The first-order valence-electron chi connectivity index (χ1n) is 24.6. The lowest BCUT2D eigenvalue weighted by atomic mass is 9.32. The van der Waals surface area contributed by atoms with Gasteiger partial charge in [0.1, 0.15) is 28.8 Å². The van der Waals surface area contributed by atoms with Gasteiger partial charge < -0.3 is 23.8 Å². The van der Waals surface area contributed by atoms with Gasteiger partial charge in [-0.3, -0.25) is 0 Å². The van der Waals surface area contributed by atoms with Gasteiger partial charge in [0.05, 0.1) is 16.9 Å². The fourth-order valence-electron chi connectivity index (χ4n) is 11.4. The predicted molar refractivity (Wildman–Crippen MR) is 287 cm³/mol. The minimum absolute atomic E-state index is 0.00630. The van der Waals surface area contributed by atoms with Gasteiger partial charge in [-0.1, -0.05) is 141 Å². The first-order valence-corrected chi connectivity index (χ1v) is 24.6. The number of fused-ring (bicyclic) bond motifs is 8. The quantitative estimate of drug-likeness (QED) is 0.161. The van der Waals surface area contributed by atoms with Crippen LogP contribution in [0.15, 0.2) is 146 Å². The standard InChI is InChI=1S/C62H64BN3O2/c1-39-37-49-55-50(38-39)66(46-35-29-43(30-36-46)61(9,10)11)62(12)47-20-14-17-23-52(47)68-58(62)63(55)57-56(64(49)44-31-25-41(26-32-44)59(3,4)5)54-48(65(57)45-33-27-42(28-34-45)60(6,7)8)21-15-18-24-53(54)67-51-22-16-13-19-40(51)2/h13-17,19-38,58H,18H2,1-12H3. The number of ether oxygens (including phenoxy) is 2. The maximum absolute atomic E-state index is 7.59. The molecular formula is C62H64BN3O2. The molecule has 4 heterocycles. The van der Waals surface area contributed by atoms with Gasteiger partial charge in [0.25, 0.3) is 6.71 Å². The summed E-state index contributed by atoms with van der Waals surface area (Å²) in [6.45, 7) is 27.2. The van der Waals surface area contributed by atoms with E-state index in [0.717, 1.165) is 68.9 Å². The zero-order valence-electron chi connectivity index (χ0n) is 42.0. The highest BCUT2D eigenvalue weighted by Gasteiger charge is 2.63. The molecule has 6 heteroatoms. The van der Waals surface area contributed by atoms with E-state index in [1.165, 1.54) is 44.6 Å². The Morgan fingerprint density at radius 1 is 0.647 bits per heavy atom. The molecule has 0 fully saturated rings. The summed E-state index contributed by atoms with van der Waals surface area (Å²) in [4.78, 5) is 5.18. The Morgan fingerprint density at radius 2 is 1.21 bits per heavy atom. The molecule has 4 aliphatic rings. The minimum atomic E-state index is -0.606. The molecule has 68 heavy (non-hydrogen) atoms. The largest absolute Gasteiger partial charge is 0.495 e. The zero-order valence-corrected chi connectivity index (χ0v) is 42.0. The van der Waals surface area contributed by atoms with Crippen LogP contribution in [0.4, 0.5) is 28.4 Å². The van der Waals surface area contributed by atoms with E-state index in [2.05, 4.69) is 249 Å². The van der Waals surface area contributed by atoms with Crippen molar-refractivity contribution in [1.29, 1.82) is 0 Å². The molecule has 5 nitrogen and oxygen atoms in total. The molecule has 7 aromatic rings. The molecule has 0 saturated heterocycles. The second kappa shape index (κ2) is 15.4. The number of anilines is 5. The topological polar surface area (TPSA) is 29.9 Å². The Balaban J connectivity index is 1.28. The van der Waals surface area contributed by atoms with E-state index in [1.54, 1.807) is 0 Å². The van der Waals surface area contributed by atoms with Crippen LogP contribution in [0.1, 0.15) is 120 Å². The molecule has 1 aromatic heterocycles. The van der Waals surface area contributed by atoms with Crippen molar-refractivity contribution in [3.8, 4) is 17.2 Å². The molecule has 0 spiro atoms. The minimum Gasteiger partial charge on any atom is -0.495 e. The van der Waals surface area contributed by atoms with Crippen molar-refractivity contribution in [1.82, 2.24) is 4.57 Å². The van der Waals surface area contributed by atoms with Crippen LogP contribution in [-0.4, -0.2) is 17.3 Å². The van der Waals surface area contributed by atoms with Crippen molar-refractivity contribution in [2.75, 3.05) is 9.80 Å². The number of nitrogens with zero attached hydrogens (tertiary/aromatic N) is 3. The number of allylic oxidation sites excluding steroid dienone is 2. The van der Waals surface area contributed by atoms with Crippen molar-refractivity contribution in [2.24, 2.45) is 0 Å². The smallest absolute Gasteiger partial charge is 0.289 e. The number of aryl methyl sites for hydroxylation is 2. The van der Waals surface area contributed by atoms with Gasteiger partial charge in [0.2, 0.25) is 0 Å². The number of para-hydroxylation sites is 2. The maximum Gasteiger partial charge on any atom is 0.289 e. The summed E-state index contributed by atoms with van der Waals surface area (Å²) < 4.78 is 17.4. The monoisotopic (exact) mass is 894 g/mol. The first kappa shape index (κ1) is 43.9. The molecule has 3 aliphatic heterocycles. The highest BCUT2D eigenvalue weighted by molar-refractivity contribution is 6.91. The van der Waals surface area contributed by atoms with Crippen LogP contribution >= 0.6 is 0 Å². The first-order chi connectivity index (χ1) is 32.3. The molecule has 2 unspecified atom stereocenters. The summed E-state index contributed by atoms with van der Waals surface area (Å²) in [5, 5.41) is 0. The summed E-state index contributed by atoms with van der Waals surface area (Å²) in [5.74, 6) is 2.63. The van der Waals surface area contributed by atoms with Crippen LogP contribution in [0.3, 0.4) is 0 Å². The van der Waals surface area contributed by atoms with Crippen molar-refractivity contribution in [2.45, 2.75) is 117 Å². The van der Waals surface area contributed by atoms with Crippen molar-refractivity contribution in [3.63, 3.8) is 0 Å². The Hall–Kier alpha value is -6.66. The van der Waals surface area contributed by atoms with E-state index in [-0.39, 0.29) is 29.0 Å². The zero-order chi connectivity index (χ0) is 47.7. The van der Waals surface area contributed by atoms with Gasteiger partial charge in [-0.2, -0.15) is 0 Å². The molecule has 6 aromatic carbocycles. The lowest BCUT2D eigenvalue weighted by Crippen LogP contribution is -2.71. The van der Waals surface area contributed by atoms with Crippen molar-refractivity contribution in [3.05, 3.63) is 190 Å². The maximum atomic E-state index is 7.59. The van der Waals surface area contributed by atoms with E-state index >= 15 is 0 Å². The number of rotatable bonds is 5. The molecule has 0 amide bonds. The highest BCUT2D eigenvalue weighted by atomic mass is 16.5. The Bertz CT molecular complexity index is 3190. The fourth-order valence-corrected chi connectivity index (χ4v) is 11.4. The van der Waals surface area contributed by atoms with Crippen LogP contribution in [0.2, 0.25) is 0 Å². The van der Waals surface area contributed by atoms with Gasteiger partial charge in [0, 0.05) is 39.6 Å². The van der Waals surface area contributed by atoms with E-state index in [4.69, 9.17) is 9.47 Å². The normalized spacial score (nSPS) is 18.2. The fraction of sp³-hybridized carbons (Fsp3) is 0.290. The average Bonchev–Trinajstić information content (AvgIpc) is 3.70. The predicted octanol–water partition coefficient (Wildman–Crippen LogP) is 14.6. The van der Waals surface area contributed by atoms with Crippen molar-refractivity contribution >= 4 is 58.0 Å². The van der Waals surface area contributed by atoms with Gasteiger partial charge in [-0.05, 0) is 150 Å². The van der Waals surface area contributed by atoms with E-state index in [0.29, 0.717) is 0 Å². The summed E-state index contributed by atoms with van der Waals surface area (Å²) >= 11 is 0. The molecule has 11 rings (SSSR count). The van der Waals surface area contributed by atoms with Crippen LogP contribution in [0.25, 0.3) is 17.5 Å². The molecular weight excluding hydrogens is 830 g/mol. The SMILES string of the molecule is Cc1cc2c3c(c1)N(c1ccc(C(C)(C)C)cc1)C1(C)c4ccccc4OC1B3c1c(c3c(n1-c1ccc(C(C)(C)C)cc1)C=CCC=C3Oc1ccccc1C)N2c1ccc(C(C)(C)C)cc1. The molecule has 0 N–H and O–H groups in total. The summed E-state index contributed by atoms with van der Waals surface area (Å²) in [6.07, 6.45) is 7.64. The summed E-state index contributed by atoms with van der Waals surface area (Å²) in [5.41, 5.74) is 18.2. The van der Waals surface area contributed by atoms with Crippen LogP contribution < -0.4 is 30.3 Å². The Kier molecular flexibility index (Phi) is 9.96. The van der Waals surface area contributed by atoms with Crippen molar-refractivity contribution < 1.29 is 9.47 Å². The third-order valence-electron chi connectivity index (χ3n) is 15.1. The van der Waals surface area contributed by atoms with Crippen LogP contribution in [-0.2, 0) is 21.8 Å². The molecule has 1 aliphatic carbocycles. The Morgan fingerprint density at radius 3 is 1.82 bits per heavy atom. The molecule has 0 saturated carbocycles. The molecule has 0 radical (unpaired) electrons. The van der Waals surface area contributed by atoms with Gasteiger partial charge >= 0.3 is 0 Å². The second-order valence-electron chi connectivity index (χ2n) is 22.8. The van der Waals surface area contributed by atoms with Gasteiger partial charge in [-0.15, -0.1) is 0 Å². The number of hydrogen-bond donors (Lipinski definition) is 0. The van der Waals surface area contributed by atoms with Crippen LogP contribution in [0, 0.1) is 13.8 Å². The summed E-state index contributed by atoms with van der Waals surface area (Å²) in [6, 6.07) is 49.6. The Labute approximate surface area is 404 Å². The number of aromatic nitrogens is 1. The van der Waals surface area contributed by atoms with E-state index < -0.39 is 5.54 Å². The molecule has 342 valence electrons. The molecule has 0 bridgehead atoms. The lowest BCUT2D eigenvalue weighted by molar-refractivity contribution is 0.230.